The van der Waals surface area contributed by atoms with Crippen LogP contribution in [0.2, 0.25) is 0 Å². The zero-order valence-electron chi connectivity index (χ0n) is 9.88. The highest BCUT2D eigenvalue weighted by Crippen LogP contribution is 2.17. The molecule has 0 spiro atoms. The van der Waals surface area contributed by atoms with Gasteiger partial charge in [0, 0.05) is 23.4 Å². The average molecular weight is 302 g/mol. The molecule has 0 aliphatic rings. The average Bonchev–Trinajstić information content (AvgIpc) is 2.24. The van der Waals surface area contributed by atoms with E-state index in [9.17, 15) is 9.18 Å². The smallest absolute Gasteiger partial charge is 0.141 e. The van der Waals surface area contributed by atoms with Crippen LogP contribution in [0.1, 0.15) is 25.3 Å². The summed E-state index contributed by atoms with van der Waals surface area (Å²) in [5.74, 6) is -0.351. The number of nitrogens with two attached hydrogens (primary N) is 1. The van der Waals surface area contributed by atoms with Crippen molar-refractivity contribution in [3.8, 4) is 0 Å². The highest BCUT2D eigenvalue weighted by molar-refractivity contribution is 9.10. The standard InChI is InChI=1S/C13H17BrFNO/c1-2-3-10(8-16)13(17)6-9-4-11(14)7-12(15)5-9/h4-5,7,10H,2-3,6,8,16H2,1H3. The largest absolute Gasteiger partial charge is 0.330 e. The lowest BCUT2D eigenvalue weighted by molar-refractivity contribution is -0.122. The molecule has 1 atom stereocenters. The number of carbonyl (C=O) groups is 1. The summed E-state index contributed by atoms with van der Waals surface area (Å²) < 4.78 is 13.8. The van der Waals surface area contributed by atoms with Gasteiger partial charge in [-0.25, -0.2) is 4.39 Å². The summed E-state index contributed by atoms with van der Waals surface area (Å²) in [4.78, 5) is 11.9. The molecule has 1 aromatic carbocycles. The van der Waals surface area contributed by atoms with Gasteiger partial charge in [0.05, 0.1) is 0 Å². The maximum Gasteiger partial charge on any atom is 0.141 e. The number of hydrogen-bond donors (Lipinski definition) is 1. The minimum Gasteiger partial charge on any atom is -0.330 e. The molecular weight excluding hydrogens is 285 g/mol. The number of benzene rings is 1. The Labute approximate surface area is 110 Å². The molecule has 0 aromatic heterocycles. The molecular formula is C13H17BrFNO. The lowest BCUT2D eigenvalue weighted by Gasteiger charge is -2.12. The zero-order valence-corrected chi connectivity index (χ0v) is 11.5. The van der Waals surface area contributed by atoms with E-state index in [1.54, 1.807) is 6.07 Å². The molecule has 94 valence electrons. The molecule has 0 radical (unpaired) electrons. The van der Waals surface area contributed by atoms with E-state index >= 15 is 0 Å². The van der Waals surface area contributed by atoms with E-state index in [0.717, 1.165) is 12.8 Å². The molecule has 0 fully saturated rings. The lowest BCUT2D eigenvalue weighted by atomic mass is 9.94. The summed E-state index contributed by atoms with van der Waals surface area (Å²) in [6.45, 7) is 2.39. The zero-order chi connectivity index (χ0) is 12.8. The van der Waals surface area contributed by atoms with Crippen molar-refractivity contribution < 1.29 is 9.18 Å². The first-order valence-electron chi connectivity index (χ1n) is 5.74. The Morgan fingerprint density at radius 2 is 2.18 bits per heavy atom. The van der Waals surface area contributed by atoms with Crippen LogP contribution in [-0.4, -0.2) is 12.3 Å². The van der Waals surface area contributed by atoms with Crippen molar-refractivity contribution in [3.05, 3.63) is 34.1 Å². The number of carbonyl (C=O) groups excluding carboxylic acids is 1. The van der Waals surface area contributed by atoms with E-state index in [4.69, 9.17) is 5.73 Å². The Morgan fingerprint density at radius 3 is 2.71 bits per heavy atom. The predicted octanol–water partition coefficient (Wildman–Crippen LogP) is 3.07. The van der Waals surface area contributed by atoms with Gasteiger partial charge in [0.25, 0.3) is 0 Å². The van der Waals surface area contributed by atoms with Crippen molar-refractivity contribution in [1.29, 1.82) is 0 Å². The topological polar surface area (TPSA) is 43.1 Å². The third-order valence-corrected chi connectivity index (χ3v) is 3.14. The molecule has 2 nitrogen and oxygen atoms in total. The van der Waals surface area contributed by atoms with E-state index in [-0.39, 0.29) is 23.9 Å². The molecule has 4 heteroatoms. The van der Waals surface area contributed by atoms with Crippen LogP contribution < -0.4 is 5.73 Å². The highest BCUT2D eigenvalue weighted by Gasteiger charge is 2.16. The van der Waals surface area contributed by atoms with Gasteiger partial charge in [-0.3, -0.25) is 4.79 Å². The fraction of sp³-hybridized carbons (Fsp3) is 0.462. The van der Waals surface area contributed by atoms with Crippen molar-refractivity contribution in [2.45, 2.75) is 26.2 Å². The summed E-state index contributed by atoms with van der Waals surface area (Å²) in [6.07, 6.45) is 1.98. The third kappa shape index (κ3) is 4.56. The Bertz CT molecular complexity index is 375. The quantitative estimate of drug-likeness (QED) is 0.877. The van der Waals surface area contributed by atoms with E-state index in [0.29, 0.717) is 16.6 Å². The Hall–Kier alpha value is -0.740. The third-order valence-electron chi connectivity index (χ3n) is 2.68. The fourth-order valence-corrected chi connectivity index (χ4v) is 2.33. The molecule has 0 aliphatic carbocycles. The number of hydrogen-bond acceptors (Lipinski definition) is 2. The minimum absolute atomic E-state index is 0.0897. The Kier molecular flexibility index (Phi) is 5.78. The molecule has 0 saturated carbocycles. The van der Waals surface area contributed by atoms with Gasteiger partial charge >= 0.3 is 0 Å². The van der Waals surface area contributed by atoms with E-state index < -0.39 is 0 Å². The SMILES string of the molecule is CCCC(CN)C(=O)Cc1cc(F)cc(Br)c1. The molecule has 1 unspecified atom stereocenters. The first-order chi connectivity index (χ1) is 8.06. The van der Waals surface area contributed by atoms with Crippen molar-refractivity contribution in [2.75, 3.05) is 6.54 Å². The van der Waals surface area contributed by atoms with Crippen LogP contribution in [0.4, 0.5) is 4.39 Å². The number of rotatable bonds is 6. The van der Waals surface area contributed by atoms with E-state index in [1.807, 2.05) is 6.92 Å². The number of halogens is 2. The Morgan fingerprint density at radius 1 is 1.47 bits per heavy atom. The second kappa shape index (κ2) is 6.87. The van der Waals surface area contributed by atoms with Gasteiger partial charge in [0.15, 0.2) is 0 Å². The molecule has 1 aromatic rings. The second-order valence-corrected chi connectivity index (χ2v) is 5.06. The van der Waals surface area contributed by atoms with Gasteiger partial charge in [-0.05, 0) is 30.2 Å². The van der Waals surface area contributed by atoms with Crippen molar-refractivity contribution >= 4 is 21.7 Å². The molecule has 0 heterocycles. The van der Waals surface area contributed by atoms with Crippen LogP contribution in [0.5, 0.6) is 0 Å². The van der Waals surface area contributed by atoms with Crippen LogP contribution in [0.25, 0.3) is 0 Å². The second-order valence-electron chi connectivity index (χ2n) is 4.14. The first kappa shape index (κ1) is 14.3. The number of Topliss-reactive ketones (excluding diaryl/α,β-unsaturated/α-hetero) is 1. The summed E-state index contributed by atoms with van der Waals surface area (Å²) in [7, 11) is 0. The maximum atomic E-state index is 13.1. The molecule has 1 rings (SSSR count). The summed E-state index contributed by atoms with van der Waals surface area (Å²) in [6, 6.07) is 4.53. The van der Waals surface area contributed by atoms with Crippen LogP contribution in [0.15, 0.2) is 22.7 Å². The molecule has 0 bridgehead atoms. The predicted molar refractivity (Wildman–Crippen MR) is 70.3 cm³/mol. The molecule has 0 saturated heterocycles. The Balaban J connectivity index is 2.72. The molecule has 2 N–H and O–H groups in total. The first-order valence-corrected chi connectivity index (χ1v) is 6.53. The monoisotopic (exact) mass is 301 g/mol. The minimum atomic E-state index is -0.332. The summed E-state index contributed by atoms with van der Waals surface area (Å²) >= 11 is 3.21. The van der Waals surface area contributed by atoms with Crippen molar-refractivity contribution in [1.82, 2.24) is 0 Å². The van der Waals surface area contributed by atoms with Crippen LogP contribution in [-0.2, 0) is 11.2 Å². The highest BCUT2D eigenvalue weighted by atomic mass is 79.9. The normalized spacial score (nSPS) is 12.5. The molecule has 17 heavy (non-hydrogen) atoms. The number of ketones is 1. The maximum absolute atomic E-state index is 13.1. The van der Waals surface area contributed by atoms with Crippen molar-refractivity contribution in [3.63, 3.8) is 0 Å². The summed E-state index contributed by atoms with van der Waals surface area (Å²) in [5.41, 5.74) is 6.26. The van der Waals surface area contributed by atoms with Gasteiger partial charge in [0.1, 0.15) is 11.6 Å². The van der Waals surface area contributed by atoms with Crippen molar-refractivity contribution in [2.24, 2.45) is 11.7 Å². The van der Waals surface area contributed by atoms with Crippen LogP contribution in [0.3, 0.4) is 0 Å². The van der Waals surface area contributed by atoms with Gasteiger partial charge in [-0.2, -0.15) is 0 Å². The van der Waals surface area contributed by atoms with Gasteiger partial charge in [-0.15, -0.1) is 0 Å². The van der Waals surface area contributed by atoms with Gasteiger partial charge in [-0.1, -0.05) is 29.3 Å². The lowest BCUT2D eigenvalue weighted by Crippen LogP contribution is -2.25. The van der Waals surface area contributed by atoms with Crippen LogP contribution in [0, 0.1) is 11.7 Å². The van der Waals surface area contributed by atoms with E-state index in [2.05, 4.69) is 15.9 Å². The summed E-state index contributed by atoms with van der Waals surface area (Å²) in [5, 5.41) is 0. The van der Waals surface area contributed by atoms with Crippen LogP contribution >= 0.6 is 15.9 Å². The molecule has 0 amide bonds. The van der Waals surface area contributed by atoms with Gasteiger partial charge in [0.2, 0.25) is 0 Å². The fourth-order valence-electron chi connectivity index (χ4n) is 1.82. The van der Waals surface area contributed by atoms with Gasteiger partial charge < -0.3 is 5.73 Å². The van der Waals surface area contributed by atoms with E-state index in [1.165, 1.54) is 12.1 Å². The molecule has 0 aliphatic heterocycles.